The molecule has 1 aliphatic heterocycles. The third-order valence-corrected chi connectivity index (χ3v) is 4.22. The predicted molar refractivity (Wildman–Crippen MR) is 72.4 cm³/mol. The fraction of sp³-hybridized carbons (Fsp3) is 0.455. The number of aromatic nitrogens is 1. The van der Waals surface area contributed by atoms with E-state index in [-0.39, 0.29) is 29.0 Å². The standard InChI is InChI=1S/C11H14N4O2S.ClH/c12-8-9-1-6-14-11(7-9)18(16,17)15-10-2-4-13-5-3-10;/h1,6-7,10,13,15H,2-5H2;1H. The van der Waals surface area contributed by atoms with Crippen molar-refractivity contribution in [3.63, 3.8) is 0 Å². The molecular weight excluding hydrogens is 288 g/mol. The molecule has 104 valence electrons. The quantitative estimate of drug-likeness (QED) is 0.843. The maximum absolute atomic E-state index is 12.1. The SMILES string of the molecule is Cl.N#Cc1ccnc(S(=O)(=O)NC2CCNCC2)c1. The number of hydrogen-bond acceptors (Lipinski definition) is 5. The van der Waals surface area contributed by atoms with Gasteiger partial charge in [0.1, 0.15) is 0 Å². The van der Waals surface area contributed by atoms with Gasteiger partial charge in [0.05, 0.1) is 11.6 Å². The minimum absolute atomic E-state index is 0. The Labute approximate surface area is 118 Å². The third kappa shape index (κ3) is 4.14. The van der Waals surface area contributed by atoms with Crippen LogP contribution in [0.4, 0.5) is 0 Å². The Morgan fingerprint density at radius 3 is 2.74 bits per heavy atom. The fourth-order valence-corrected chi connectivity index (χ4v) is 3.12. The molecule has 2 rings (SSSR count). The topological polar surface area (TPSA) is 94.9 Å². The van der Waals surface area contributed by atoms with Crippen LogP contribution in [-0.2, 0) is 10.0 Å². The van der Waals surface area contributed by atoms with Crippen LogP contribution in [0.3, 0.4) is 0 Å². The third-order valence-electron chi connectivity index (χ3n) is 2.80. The maximum atomic E-state index is 12.1. The summed E-state index contributed by atoms with van der Waals surface area (Å²) < 4.78 is 26.8. The lowest BCUT2D eigenvalue weighted by Gasteiger charge is -2.23. The van der Waals surface area contributed by atoms with Crippen LogP contribution in [0.5, 0.6) is 0 Å². The lowest BCUT2D eigenvalue weighted by atomic mass is 10.1. The molecule has 0 aromatic carbocycles. The van der Waals surface area contributed by atoms with Gasteiger partial charge in [-0.1, -0.05) is 0 Å². The molecule has 2 N–H and O–H groups in total. The molecule has 0 atom stereocenters. The average Bonchev–Trinajstić information content (AvgIpc) is 2.39. The minimum Gasteiger partial charge on any atom is -0.317 e. The lowest BCUT2D eigenvalue weighted by Crippen LogP contribution is -2.42. The van der Waals surface area contributed by atoms with Crippen LogP contribution in [0, 0.1) is 11.3 Å². The molecule has 0 aliphatic carbocycles. The Balaban J connectivity index is 0.00000180. The molecule has 2 heterocycles. The first-order valence-electron chi connectivity index (χ1n) is 5.71. The summed E-state index contributed by atoms with van der Waals surface area (Å²) in [6, 6.07) is 4.59. The van der Waals surface area contributed by atoms with Crippen molar-refractivity contribution in [3.8, 4) is 6.07 Å². The van der Waals surface area contributed by atoms with Gasteiger partial charge in [0.15, 0.2) is 5.03 Å². The molecule has 1 fully saturated rings. The van der Waals surface area contributed by atoms with Crippen molar-refractivity contribution in [2.45, 2.75) is 23.9 Å². The molecule has 0 radical (unpaired) electrons. The van der Waals surface area contributed by atoms with E-state index in [4.69, 9.17) is 5.26 Å². The first kappa shape index (κ1) is 15.9. The second kappa shape index (κ2) is 6.82. The molecule has 1 aromatic rings. The first-order valence-corrected chi connectivity index (χ1v) is 7.19. The molecule has 0 bridgehead atoms. The molecular formula is C11H15ClN4O2S. The van der Waals surface area contributed by atoms with Gasteiger partial charge in [0, 0.05) is 12.2 Å². The predicted octanol–water partition coefficient (Wildman–Crippen LogP) is 0.405. The molecule has 0 unspecified atom stereocenters. The monoisotopic (exact) mass is 302 g/mol. The van der Waals surface area contributed by atoms with E-state index < -0.39 is 10.0 Å². The van der Waals surface area contributed by atoms with Gasteiger partial charge in [-0.25, -0.2) is 18.1 Å². The van der Waals surface area contributed by atoms with Crippen molar-refractivity contribution < 1.29 is 8.42 Å². The normalized spacial score (nSPS) is 16.4. The summed E-state index contributed by atoms with van der Waals surface area (Å²) in [4.78, 5) is 3.81. The highest BCUT2D eigenvalue weighted by atomic mass is 35.5. The first-order chi connectivity index (χ1) is 8.62. The van der Waals surface area contributed by atoms with Crippen molar-refractivity contribution in [1.29, 1.82) is 5.26 Å². The lowest BCUT2D eigenvalue weighted by molar-refractivity contribution is 0.426. The van der Waals surface area contributed by atoms with Gasteiger partial charge in [0.25, 0.3) is 10.0 Å². The van der Waals surface area contributed by atoms with E-state index in [0.717, 1.165) is 25.9 Å². The smallest absolute Gasteiger partial charge is 0.258 e. The van der Waals surface area contributed by atoms with Gasteiger partial charge >= 0.3 is 0 Å². The number of hydrogen-bond donors (Lipinski definition) is 2. The number of nitriles is 1. The van der Waals surface area contributed by atoms with Gasteiger partial charge < -0.3 is 5.32 Å². The van der Waals surface area contributed by atoms with Crippen LogP contribution in [-0.4, -0.2) is 32.5 Å². The van der Waals surface area contributed by atoms with Gasteiger partial charge in [0.2, 0.25) is 0 Å². The summed E-state index contributed by atoms with van der Waals surface area (Å²) in [6.45, 7) is 1.61. The Morgan fingerprint density at radius 1 is 1.42 bits per heavy atom. The second-order valence-corrected chi connectivity index (χ2v) is 5.80. The second-order valence-electron chi connectivity index (χ2n) is 4.14. The van der Waals surface area contributed by atoms with Crippen molar-refractivity contribution in [3.05, 3.63) is 23.9 Å². The molecule has 1 saturated heterocycles. The molecule has 0 spiro atoms. The summed E-state index contributed by atoms with van der Waals surface area (Å²) >= 11 is 0. The Morgan fingerprint density at radius 2 is 2.11 bits per heavy atom. The minimum atomic E-state index is -3.63. The Kier molecular flexibility index (Phi) is 5.69. The van der Waals surface area contributed by atoms with E-state index in [1.54, 1.807) is 0 Å². The number of halogens is 1. The molecule has 19 heavy (non-hydrogen) atoms. The van der Waals surface area contributed by atoms with Crippen LogP contribution in [0.1, 0.15) is 18.4 Å². The number of sulfonamides is 1. The van der Waals surface area contributed by atoms with E-state index >= 15 is 0 Å². The zero-order chi connectivity index (χ0) is 13.0. The summed E-state index contributed by atoms with van der Waals surface area (Å²) in [7, 11) is -3.63. The molecule has 6 nitrogen and oxygen atoms in total. The van der Waals surface area contributed by atoms with E-state index in [1.807, 2.05) is 6.07 Å². The van der Waals surface area contributed by atoms with E-state index in [1.165, 1.54) is 18.3 Å². The van der Waals surface area contributed by atoms with Crippen molar-refractivity contribution >= 4 is 22.4 Å². The maximum Gasteiger partial charge on any atom is 0.258 e. The highest BCUT2D eigenvalue weighted by molar-refractivity contribution is 7.89. The van der Waals surface area contributed by atoms with E-state index in [9.17, 15) is 8.42 Å². The number of piperidine rings is 1. The summed E-state index contributed by atoms with van der Waals surface area (Å²) in [5.41, 5.74) is 0.288. The Bertz CT molecular complexity index is 564. The summed E-state index contributed by atoms with van der Waals surface area (Å²) in [6.07, 6.45) is 2.85. The van der Waals surface area contributed by atoms with Gasteiger partial charge in [-0.2, -0.15) is 5.26 Å². The average molecular weight is 303 g/mol. The number of nitrogens with one attached hydrogen (secondary N) is 2. The summed E-state index contributed by atoms with van der Waals surface area (Å²) in [5.74, 6) is 0. The molecule has 0 amide bonds. The number of nitrogens with zero attached hydrogens (tertiary/aromatic N) is 2. The van der Waals surface area contributed by atoms with Crippen LogP contribution in [0.2, 0.25) is 0 Å². The van der Waals surface area contributed by atoms with Crippen LogP contribution < -0.4 is 10.0 Å². The van der Waals surface area contributed by atoms with Crippen molar-refractivity contribution in [1.82, 2.24) is 15.0 Å². The van der Waals surface area contributed by atoms with Crippen LogP contribution in [0.15, 0.2) is 23.4 Å². The summed E-state index contributed by atoms with van der Waals surface area (Å²) in [5, 5.41) is 11.8. The van der Waals surface area contributed by atoms with Gasteiger partial charge in [-0.15, -0.1) is 12.4 Å². The zero-order valence-corrected chi connectivity index (χ0v) is 11.8. The Hall–Kier alpha value is -1.20. The van der Waals surface area contributed by atoms with Gasteiger partial charge in [-0.05, 0) is 38.1 Å². The fourth-order valence-electron chi connectivity index (χ4n) is 1.85. The van der Waals surface area contributed by atoms with Crippen molar-refractivity contribution in [2.24, 2.45) is 0 Å². The largest absolute Gasteiger partial charge is 0.317 e. The van der Waals surface area contributed by atoms with E-state index in [2.05, 4.69) is 15.0 Å². The number of pyridine rings is 1. The molecule has 0 saturated carbocycles. The van der Waals surface area contributed by atoms with Gasteiger partial charge in [-0.3, -0.25) is 0 Å². The highest BCUT2D eigenvalue weighted by Gasteiger charge is 2.22. The highest BCUT2D eigenvalue weighted by Crippen LogP contribution is 2.11. The molecule has 8 heteroatoms. The molecule has 1 aliphatic rings. The van der Waals surface area contributed by atoms with Crippen LogP contribution >= 0.6 is 12.4 Å². The van der Waals surface area contributed by atoms with Crippen LogP contribution in [0.25, 0.3) is 0 Å². The zero-order valence-electron chi connectivity index (χ0n) is 10.2. The molecule has 1 aromatic heterocycles. The number of rotatable bonds is 3. The van der Waals surface area contributed by atoms with Crippen molar-refractivity contribution in [2.75, 3.05) is 13.1 Å². The van der Waals surface area contributed by atoms with E-state index in [0.29, 0.717) is 0 Å².